The number of benzene rings is 1. The summed E-state index contributed by atoms with van der Waals surface area (Å²) >= 11 is 0. The SMILES string of the molecule is CN1CCc2cc(CNCC(F)(F)F)ccc21. The number of alkyl halides is 3. The molecule has 0 atom stereocenters. The molecule has 1 aliphatic rings. The first-order valence-electron chi connectivity index (χ1n) is 5.56. The normalized spacial score (nSPS) is 15.2. The van der Waals surface area contributed by atoms with E-state index in [1.165, 1.54) is 11.3 Å². The molecule has 1 heterocycles. The predicted octanol–water partition coefficient (Wildman–Crippen LogP) is 2.33. The zero-order chi connectivity index (χ0) is 12.5. The summed E-state index contributed by atoms with van der Waals surface area (Å²) in [6.45, 7) is 0.301. The Morgan fingerprint density at radius 2 is 2.12 bits per heavy atom. The molecule has 0 unspecified atom stereocenters. The van der Waals surface area contributed by atoms with E-state index in [1.807, 2.05) is 25.2 Å². The molecular formula is C12H15F3N2. The van der Waals surface area contributed by atoms with Crippen molar-refractivity contribution in [1.29, 1.82) is 0 Å². The molecule has 5 heteroatoms. The maximum Gasteiger partial charge on any atom is 0.401 e. The van der Waals surface area contributed by atoms with Crippen LogP contribution in [0.15, 0.2) is 18.2 Å². The Labute approximate surface area is 98.4 Å². The predicted molar refractivity (Wildman–Crippen MR) is 61.2 cm³/mol. The molecule has 0 aliphatic carbocycles. The molecule has 0 saturated carbocycles. The van der Waals surface area contributed by atoms with Crippen LogP contribution in [-0.4, -0.2) is 26.3 Å². The lowest BCUT2D eigenvalue weighted by Gasteiger charge is -2.12. The van der Waals surface area contributed by atoms with Crippen LogP contribution in [-0.2, 0) is 13.0 Å². The molecule has 1 aromatic carbocycles. The maximum atomic E-state index is 12.0. The molecule has 2 nitrogen and oxygen atoms in total. The largest absolute Gasteiger partial charge is 0.401 e. The van der Waals surface area contributed by atoms with Gasteiger partial charge in [0.25, 0.3) is 0 Å². The summed E-state index contributed by atoms with van der Waals surface area (Å²) in [5, 5.41) is 2.41. The first kappa shape index (κ1) is 12.2. The van der Waals surface area contributed by atoms with Crippen LogP contribution in [0, 0.1) is 0 Å². The van der Waals surface area contributed by atoms with Crippen molar-refractivity contribution < 1.29 is 13.2 Å². The number of hydrogen-bond acceptors (Lipinski definition) is 2. The van der Waals surface area contributed by atoms with Crippen LogP contribution in [0.5, 0.6) is 0 Å². The monoisotopic (exact) mass is 244 g/mol. The fourth-order valence-electron chi connectivity index (χ4n) is 2.08. The van der Waals surface area contributed by atoms with Gasteiger partial charge >= 0.3 is 6.18 Å². The topological polar surface area (TPSA) is 15.3 Å². The Kier molecular flexibility index (Phi) is 3.28. The molecule has 1 aromatic rings. The van der Waals surface area contributed by atoms with Gasteiger partial charge < -0.3 is 10.2 Å². The standard InChI is InChI=1S/C12H15F3N2/c1-17-5-4-10-6-9(2-3-11(10)17)7-16-8-12(13,14)15/h2-3,6,16H,4-5,7-8H2,1H3. The van der Waals surface area contributed by atoms with Crippen LogP contribution in [0.2, 0.25) is 0 Å². The first-order chi connectivity index (χ1) is 7.96. The van der Waals surface area contributed by atoms with Crippen molar-refractivity contribution in [2.75, 3.05) is 25.0 Å². The number of hydrogen-bond donors (Lipinski definition) is 1. The zero-order valence-corrected chi connectivity index (χ0v) is 9.64. The molecule has 1 aliphatic heterocycles. The number of nitrogens with one attached hydrogen (secondary N) is 1. The molecule has 0 aromatic heterocycles. The van der Waals surface area contributed by atoms with E-state index in [0.717, 1.165) is 18.5 Å². The summed E-state index contributed by atoms with van der Waals surface area (Å²) in [5.74, 6) is 0. The van der Waals surface area contributed by atoms with E-state index < -0.39 is 12.7 Å². The van der Waals surface area contributed by atoms with Crippen LogP contribution in [0.1, 0.15) is 11.1 Å². The van der Waals surface area contributed by atoms with Gasteiger partial charge in [-0.05, 0) is 23.6 Å². The molecule has 1 N–H and O–H groups in total. The number of halogens is 3. The number of fused-ring (bicyclic) bond motifs is 1. The quantitative estimate of drug-likeness (QED) is 0.878. The number of nitrogens with zero attached hydrogens (tertiary/aromatic N) is 1. The maximum absolute atomic E-state index is 12.0. The summed E-state index contributed by atoms with van der Waals surface area (Å²) in [6, 6.07) is 5.85. The Bertz CT molecular complexity index is 401. The Morgan fingerprint density at radius 1 is 1.35 bits per heavy atom. The third-order valence-electron chi connectivity index (χ3n) is 2.93. The minimum atomic E-state index is -4.14. The fraction of sp³-hybridized carbons (Fsp3) is 0.500. The highest BCUT2D eigenvalue weighted by Gasteiger charge is 2.26. The van der Waals surface area contributed by atoms with Crippen molar-refractivity contribution in [2.45, 2.75) is 19.1 Å². The average molecular weight is 244 g/mol. The Balaban J connectivity index is 1.95. The first-order valence-corrected chi connectivity index (χ1v) is 5.56. The van der Waals surface area contributed by atoms with Gasteiger partial charge in [-0.25, -0.2) is 0 Å². The summed E-state index contributed by atoms with van der Waals surface area (Å²) in [5.41, 5.74) is 3.31. The van der Waals surface area contributed by atoms with Gasteiger partial charge in [-0.2, -0.15) is 13.2 Å². The Morgan fingerprint density at radius 3 is 2.82 bits per heavy atom. The van der Waals surface area contributed by atoms with E-state index in [-0.39, 0.29) is 6.54 Å². The molecule has 0 fully saturated rings. The highest BCUT2D eigenvalue weighted by molar-refractivity contribution is 5.58. The van der Waals surface area contributed by atoms with E-state index >= 15 is 0 Å². The molecular weight excluding hydrogens is 229 g/mol. The molecule has 0 bridgehead atoms. The second kappa shape index (κ2) is 4.56. The number of anilines is 1. The van der Waals surface area contributed by atoms with Crippen molar-refractivity contribution in [2.24, 2.45) is 0 Å². The Hall–Kier alpha value is -1.23. The van der Waals surface area contributed by atoms with Crippen molar-refractivity contribution >= 4 is 5.69 Å². The van der Waals surface area contributed by atoms with Gasteiger partial charge in [0.05, 0.1) is 6.54 Å². The fourth-order valence-corrected chi connectivity index (χ4v) is 2.08. The minimum absolute atomic E-state index is 0.260. The molecule has 0 spiro atoms. The highest BCUT2D eigenvalue weighted by atomic mass is 19.4. The number of likely N-dealkylation sites (N-methyl/N-ethyl adjacent to an activating group) is 1. The molecule has 0 amide bonds. The van der Waals surface area contributed by atoms with Crippen molar-refractivity contribution in [3.63, 3.8) is 0 Å². The van der Waals surface area contributed by atoms with E-state index in [2.05, 4.69) is 10.2 Å². The van der Waals surface area contributed by atoms with Gasteiger partial charge in [0, 0.05) is 25.8 Å². The van der Waals surface area contributed by atoms with E-state index in [4.69, 9.17) is 0 Å². The lowest BCUT2D eigenvalue weighted by Crippen LogP contribution is -2.28. The third kappa shape index (κ3) is 3.12. The molecule has 94 valence electrons. The van der Waals surface area contributed by atoms with E-state index in [0.29, 0.717) is 0 Å². The van der Waals surface area contributed by atoms with Gasteiger partial charge in [-0.1, -0.05) is 12.1 Å². The van der Waals surface area contributed by atoms with Crippen molar-refractivity contribution in [1.82, 2.24) is 5.32 Å². The van der Waals surface area contributed by atoms with E-state index in [1.54, 1.807) is 0 Å². The molecule has 17 heavy (non-hydrogen) atoms. The van der Waals surface area contributed by atoms with Crippen LogP contribution >= 0.6 is 0 Å². The summed E-state index contributed by atoms with van der Waals surface area (Å²) in [7, 11) is 2.02. The lowest BCUT2D eigenvalue weighted by atomic mass is 10.1. The average Bonchev–Trinajstić information content (AvgIpc) is 2.58. The summed E-state index contributed by atoms with van der Waals surface area (Å²) < 4.78 is 35.9. The van der Waals surface area contributed by atoms with Gasteiger partial charge in [-0.3, -0.25) is 0 Å². The van der Waals surface area contributed by atoms with Crippen molar-refractivity contribution in [3.05, 3.63) is 29.3 Å². The zero-order valence-electron chi connectivity index (χ0n) is 9.64. The van der Waals surface area contributed by atoms with Crippen LogP contribution in [0.4, 0.5) is 18.9 Å². The second-order valence-corrected chi connectivity index (χ2v) is 4.35. The van der Waals surface area contributed by atoms with Crippen LogP contribution in [0.25, 0.3) is 0 Å². The summed E-state index contributed by atoms with van der Waals surface area (Å²) in [4.78, 5) is 2.16. The van der Waals surface area contributed by atoms with Gasteiger partial charge in [0.15, 0.2) is 0 Å². The van der Waals surface area contributed by atoms with Gasteiger partial charge in [-0.15, -0.1) is 0 Å². The summed E-state index contributed by atoms with van der Waals surface area (Å²) in [6.07, 6.45) is -3.17. The molecule has 0 saturated heterocycles. The van der Waals surface area contributed by atoms with Crippen molar-refractivity contribution in [3.8, 4) is 0 Å². The molecule has 0 radical (unpaired) electrons. The third-order valence-corrected chi connectivity index (χ3v) is 2.93. The molecule has 2 rings (SSSR count). The lowest BCUT2D eigenvalue weighted by molar-refractivity contribution is -0.125. The highest BCUT2D eigenvalue weighted by Crippen LogP contribution is 2.27. The minimum Gasteiger partial charge on any atom is -0.374 e. The van der Waals surface area contributed by atoms with Gasteiger partial charge in [0.1, 0.15) is 0 Å². The van der Waals surface area contributed by atoms with Gasteiger partial charge in [0.2, 0.25) is 0 Å². The second-order valence-electron chi connectivity index (χ2n) is 4.35. The number of rotatable bonds is 3. The van der Waals surface area contributed by atoms with E-state index in [9.17, 15) is 13.2 Å². The smallest absolute Gasteiger partial charge is 0.374 e. The van der Waals surface area contributed by atoms with Crippen LogP contribution in [0.3, 0.4) is 0 Å². The van der Waals surface area contributed by atoms with Crippen LogP contribution < -0.4 is 10.2 Å².